The molecule has 1 N–H and O–H groups in total. The van der Waals surface area contributed by atoms with Gasteiger partial charge in [0.25, 0.3) is 0 Å². The van der Waals surface area contributed by atoms with Crippen LogP contribution < -0.4 is 4.74 Å². The molecule has 1 aromatic carbocycles. The van der Waals surface area contributed by atoms with E-state index in [9.17, 15) is 13.2 Å². The van der Waals surface area contributed by atoms with E-state index in [2.05, 4.69) is 0 Å². The van der Waals surface area contributed by atoms with Crippen LogP contribution in [0.1, 0.15) is 32.4 Å². The second-order valence-corrected chi connectivity index (χ2v) is 3.46. The molecule has 0 radical (unpaired) electrons. The highest BCUT2D eigenvalue weighted by molar-refractivity contribution is 5.40. The lowest BCUT2D eigenvalue weighted by Crippen LogP contribution is -2.32. The summed E-state index contributed by atoms with van der Waals surface area (Å²) in [5.74, 6) is 0.359. The molecule has 0 saturated carbocycles. The summed E-state index contributed by atoms with van der Waals surface area (Å²) in [6.45, 7) is 5.85. The molecule has 2 rings (SSSR count). The third-order valence-electron chi connectivity index (χ3n) is 2.26. The molecule has 19 heavy (non-hydrogen) atoms. The summed E-state index contributed by atoms with van der Waals surface area (Å²) >= 11 is 0. The van der Waals surface area contributed by atoms with Crippen molar-refractivity contribution < 1.29 is 23.0 Å². The Hall–Kier alpha value is -1.23. The smallest absolute Gasteiger partial charge is 0.425 e. The number of ether oxygens (including phenoxy) is 1. The average molecular weight is 280 g/mol. The molecule has 0 fully saturated rings. The highest BCUT2D eigenvalue weighted by atomic mass is 19.4. The molecule has 0 bridgehead atoms. The van der Waals surface area contributed by atoms with E-state index >= 15 is 0 Å². The highest BCUT2D eigenvalue weighted by Crippen LogP contribution is 2.36. The third kappa shape index (κ3) is 5.51. The van der Waals surface area contributed by atoms with Crippen LogP contribution in [0.5, 0.6) is 5.75 Å². The molecular weight excluding hydrogens is 257 g/mol. The predicted octanol–water partition coefficient (Wildman–Crippen LogP) is 4.13. The molecule has 0 aromatic heterocycles. The number of alkyl halides is 3. The van der Waals surface area contributed by atoms with Gasteiger partial charge in [0.05, 0.1) is 0 Å². The minimum atomic E-state index is -4.27. The fourth-order valence-electron chi connectivity index (χ4n) is 1.56. The number of hydrogen-bond donors (Lipinski definition) is 1. The van der Waals surface area contributed by atoms with Crippen LogP contribution in [-0.4, -0.2) is 24.5 Å². The van der Waals surface area contributed by atoms with Crippen molar-refractivity contribution >= 4 is 0 Å². The molecular formula is C14H23F3O2. The molecule has 1 aliphatic heterocycles. The summed E-state index contributed by atoms with van der Waals surface area (Å²) in [6, 6.07) is 5.08. The summed E-state index contributed by atoms with van der Waals surface area (Å²) in [6.07, 6.45) is -6.01. The lowest BCUT2D eigenvalue weighted by Gasteiger charge is -2.13. The van der Waals surface area contributed by atoms with Crippen molar-refractivity contribution in [3.8, 4) is 5.75 Å². The quantitative estimate of drug-likeness (QED) is 0.774. The van der Waals surface area contributed by atoms with Crippen molar-refractivity contribution in [1.82, 2.24) is 0 Å². The first-order valence-corrected chi connectivity index (χ1v) is 5.74. The minimum absolute atomic E-state index is 0. The van der Waals surface area contributed by atoms with Gasteiger partial charge in [-0.2, -0.15) is 13.2 Å². The van der Waals surface area contributed by atoms with Crippen molar-refractivity contribution in [2.75, 3.05) is 7.11 Å². The number of aliphatic hydroxyl groups is 1. The number of benzene rings is 1. The Morgan fingerprint density at radius 2 is 1.74 bits per heavy atom. The van der Waals surface area contributed by atoms with Crippen molar-refractivity contribution in [1.29, 1.82) is 0 Å². The molecule has 2 nitrogen and oxygen atoms in total. The lowest BCUT2D eigenvalue weighted by atomic mass is 10.1. The Balaban J connectivity index is 0. The maximum absolute atomic E-state index is 12.3. The lowest BCUT2D eigenvalue weighted by molar-refractivity contribution is -0.189. The van der Waals surface area contributed by atoms with Crippen molar-refractivity contribution in [2.24, 2.45) is 0 Å². The molecule has 0 saturated heterocycles. The second kappa shape index (κ2) is 8.80. The van der Waals surface area contributed by atoms with Gasteiger partial charge in [-0.3, -0.25) is 0 Å². The Kier molecular flexibility index (Phi) is 9.31. The van der Waals surface area contributed by atoms with Gasteiger partial charge in [0.1, 0.15) is 5.75 Å². The number of aryl methyl sites for hydroxylation is 1. The SMILES string of the molecule is C.CC.CO.Cc1ccc2c(c1)CC(C(F)(F)F)O2. The molecule has 0 aliphatic carbocycles. The fourth-order valence-corrected chi connectivity index (χ4v) is 1.56. The summed E-state index contributed by atoms with van der Waals surface area (Å²) in [7, 11) is 1.00. The Morgan fingerprint density at radius 1 is 1.21 bits per heavy atom. The van der Waals surface area contributed by atoms with E-state index in [-0.39, 0.29) is 13.8 Å². The zero-order chi connectivity index (χ0) is 14.3. The maximum Gasteiger partial charge on any atom is 0.425 e. The Bertz CT molecular complexity index is 362. The molecule has 1 unspecified atom stereocenters. The number of fused-ring (bicyclic) bond motifs is 1. The van der Waals surface area contributed by atoms with Crippen LogP contribution in [0.4, 0.5) is 13.2 Å². The van der Waals surface area contributed by atoms with Gasteiger partial charge in [0.15, 0.2) is 6.10 Å². The van der Waals surface area contributed by atoms with E-state index in [1.165, 1.54) is 0 Å². The second-order valence-electron chi connectivity index (χ2n) is 3.46. The van der Waals surface area contributed by atoms with Crippen LogP contribution in [0.2, 0.25) is 0 Å². The first kappa shape index (κ1) is 20.1. The Labute approximate surface area is 113 Å². The van der Waals surface area contributed by atoms with E-state index < -0.39 is 12.3 Å². The van der Waals surface area contributed by atoms with Crippen LogP contribution in [0.3, 0.4) is 0 Å². The number of halogens is 3. The normalized spacial score (nSPS) is 15.7. The molecule has 112 valence electrons. The van der Waals surface area contributed by atoms with Gasteiger partial charge in [-0.25, -0.2) is 0 Å². The van der Waals surface area contributed by atoms with Gasteiger partial charge in [-0.05, 0) is 18.6 Å². The number of aliphatic hydroxyl groups excluding tert-OH is 1. The van der Waals surface area contributed by atoms with Gasteiger partial charge in [-0.1, -0.05) is 39.0 Å². The summed E-state index contributed by atoms with van der Waals surface area (Å²) in [5.41, 5.74) is 1.60. The summed E-state index contributed by atoms with van der Waals surface area (Å²) in [5, 5.41) is 7.00. The monoisotopic (exact) mass is 280 g/mol. The van der Waals surface area contributed by atoms with Crippen LogP contribution in [-0.2, 0) is 6.42 Å². The first-order chi connectivity index (χ1) is 8.47. The first-order valence-electron chi connectivity index (χ1n) is 5.74. The fraction of sp³-hybridized carbons (Fsp3) is 0.571. The predicted molar refractivity (Wildman–Crippen MR) is 71.6 cm³/mol. The van der Waals surface area contributed by atoms with E-state index in [0.29, 0.717) is 11.3 Å². The van der Waals surface area contributed by atoms with Crippen molar-refractivity contribution in [3.05, 3.63) is 29.3 Å². The molecule has 1 atom stereocenters. The van der Waals surface area contributed by atoms with Crippen molar-refractivity contribution in [3.63, 3.8) is 0 Å². The zero-order valence-electron chi connectivity index (χ0n) is 11.0. The highest BCUT2D eigenvalue weighted by Gasteiger charge is 2.45. The Morgan fingerprint density at radius 3 is 2.21 bits per heavy atom. The van der Waals surface area contributed by atoms with E-state index in [4.69, 9.17) is 9.84 Å². The van der Waals surface area contributed by atoms with E-state index in [1.807, 2.05) is 20.8 Å². The van der Waals surface area contributed by atoms with Gasteiger partial charge < -0.3 is 9.84 Å². The summed E-state index contributed by atoms with van der Waals surface area (Å²) in [4.78, 5) is 0. The van der Waals surface area contributed by atoms with Gasteiger partial charge in [0, 0.05) is 13.5 Å². The number of rotatable bonds is 0. The minimum Gasteiger partial charge on any atom is -0.480 e. The molecule has 0 spiro atoms. The largest absolute Gasteiger partial charge is 0.480 e. The molecule has 1 heterocycles. The van der Waals surface area contributed by atoms with Crippen molar-refractivity contribution in [2.45, 2.75) is 46.9 Å². The molecule has 0 amide bonds. The molecule has 1 aromatic rings. The number of hydrogen-bond acceptors (Lipinski definition) is 2. The maximum atomic E-state index is 12.3. The third-order valence-corrected chi connectivity index (χ3v) is 2.26. The average Bonchev–Trinajstić information content (AvgIpc) is 2.77. The van der Waals surface area contributed by atoms with Gasteiger partial charge in [-0.15, -0.1) is 0 Å². The van der Waals surface area contributed by atoms with Gasteiger partial charge >= 0.3 is 6.18 Å². The zero-order valence-corrected chi connectivity index (χ0v) is 11.0. The van der Waals surface area contributed by atoms with Crippen LogP contribution in [0.15, 0.2) is 18.2 Å². The van der Waals surface area contributed by atoms with Crippen LogP contribution in [0, 0.1) is 6.92 Å². The van der Waals surface area contributed by atoms with Crippen LogP contribution in [0.25, 0.3) is 0 Å². The van der Waals surface area contributed by atoms with E-state index in [1.54, 1.807) is 18.2 Å². The molecule has 1 aliphatic rings. The topological polar surface area (TPSA) is 29.5 Å². The van der Waals surface area contributed by atoms with E-state index in [0.717, 1.165) is 12.7 Å². The van der Waals surface area contributed by atoms with Gasteiger partial charge in [0.2, 0.25) is 0 Å². The summed E-state index contributed by atoms with van der Waals surface area (Å²) < 4.78 is 41.7. The molecule has 5 heteroatoms. The van der Waals surface area contributed by atoms with Crippen LogP contribution >= 0.6 is 0 Å². The standard InChI is InChI=1S/C10H9F3O.C2H6.CH4O.CH4/c1-6-2-3-8-7(4-6)5-9(14-8)10(11,12)13;2*1-2;/h2-4,9H,5H2,1H3;1-2H3;2H,1H3;1H4.